The fourth-order valence-electron chi connectivity index (χ4n) is 3.69. The molecule has 0 saturated carbocycles. The van der Waals surface area contributed by atoms with E-state index in [0.29, 0.717) is 5.92 Å². The number of anilines is 1. The number of aromatic nitrogens is 2. The van der Waals surface area contributed by atoms with Crippen molar-refractivity contribution in [3.05, 3.63) is 39.1 Å². The largest absolute Gasteiger partial charge is 0.369 e. The molecule has 0 spiro atoms. The van der Waals surface area contributed by atoms with Crippen LogP contribution in [0.15, 0.2) is 24.3 Å². The molecule has 3 heterocycles. The summed E-state index contributed by atoms with van der Waals surface area (Å²) in [6.45, 7) is 3.39. The minimum Gasteiger partial charge on any atom is -0.369 e. The van der Waals surface area contributed by atoms with Gasteiger partial charge in [0.25, 0.3) is 0 Å². The van der Waals surface area contributed by atoms with Crippen molar-refractivity contribution in [2.45, 2.75) is 25.2 Å². The van der Waals surface area contributed by atoms with Gasteiger partial charge in [0.15, 0.2) is 0 Å². The van der Waals surface area contributed by atoms with Gasteiger partial charge in [0.2, 0.25) is 0 Å². The number of fused-ring (bicyclic) bond motifs is 1. The molecule has 2 aliphatic rings. The Kier molecular flexibility index (Phi) is 3.86. The average molecular weight is 408 g/mol. The zero-order chi connectivity index (χ0) is 15.1. The number of rotatable bonds is 2. The first kappa shape index (κ1) is 14.5. The molecule has 1 aromatic heterocycles. The lowest BCUT2D eigenvalue weighted by atomic mass is 9.92. The molecule has 2 aliphatic heterocycles. The maximum atomic E-state index is 5.01. The van der Waals surface area contributed by atoms with Gasteiger partial charge in [-0.2, -0.15) is 5.10 Å². The van der Waals surface area contributed by atoms with Gasteiger partial charge in [-0.15, -0.1) is 0 Å². The van der Waals surface area contributed by atoms with Crippen molar-refractivity contribution >= 4 is 28.4 Å². The van der Waals surface area contributed by atoms with E-state index in [9.17, 15) is 0 Å². The Morgan fingerprint density at radius 1 is 1.27 bits per heavy atom. The van der Waals surface area contributed by atoms with Gasteiger partial charge >= 0.3 is 0 Å². The van der Waals surface area contributed by atoms with E-state index in [1.54, 1.807) is 0 Å². The summed E-state index contributed by atoms with van der Waals surface area (Å²) in [5.41, 5.74) is 3.92. The second-order valence-electron chi connectivity index (χ2n) is 6.38. The van der Waals surface area contributed by atoms with Crippen LogP contribution in [0.3, 0.4) is 0 Å². The molecule has 1 atom stereocenters. The molecule has 1 aromatic carbocycles. The zero-order valence-electron chi connectivity index (χ0n) is 12.8. The molecule has 0 radical (unpaired) electrons. The minimum atomic E-state index is 0.581. The summed E-state index contributed by atoms with van der Waals surface area (Å²) in [6.07, 6.45) is 3.65. The van der Waals surface area contributed by atoms with E-state index in [1.165, 1.54) is 40.0 Å². The molecule has 1 fully saturated rings. The lowest BCUT2D eigenvalue weighted by molar-refractivity contribution is 0.247. The van der Waals surface area contributed by atoms with Gasteiger partial charge in [0.05, 0.1) is 11.4 Å². The highest BCUT2D eigenvalue weighted by atomic mass is 127. The number of nitrogens with one attached hydrogen (secondary N) is 1. The van der Waals surface area contributed by atoms with Gasteiger partial charge < -0.3 is 10.2 Å². The molecular weight excluding hydrogens is 387 g/mol. The summed E-state index contributed by atoms with van der Waals surface area (Å²) in [5.74, 6) is 1.79. The number of benzene rings is 1. The van der Waals surface area contributed by atoms with Crippen molar-refractivity contribution in [3.63, 3.8) is 0 Å². The second-order valence-corrected chi connectivity index (χ2v) is 7.62. The minimum absolute atomic E-state index is 0.581. The molecule has 22 heavy (non-hydrogen) atoms. The number of halogens is 1. The topological polar surface area (TPSA) is 33.1 Å². The molecule has 2 aromatic rings. The number of likely N-dealkylation sites (N-methyl/N-ethyl adjacent to an activating group) is 1. The number of likely N-dealkylation sites (tertiary alicyclic amines) is 1. The maximum Gasteiger partial charge on any atom is 0.133 e. The first-order chi connectivity index (χ1) is 10.7. The molecule has 1 unspecified atom stereocenters. The molecule has 4 rings (SSSR count). The van der Waals surface area contributed by atoms with Crippen LogP contribution in [0.1, 0.15) is 30.0 Å². The predicted molar refractivity (Wildman–Crippen MR) is 97.9 cm³/mol. The standard InChI is InChI=1S/C17H21IN4/c1-21-10-2-3-12(11-21)16-15-8-9-19-17(15)22(20-16)14-6-4-13(18)5-7-14/h4-7,12,19H,2-3,8-11H2,1H3. The summed E-state index contributed by atoms with van der Waals surface area (Å²) in [4.78, 5) is 2.44. The van der Waals surface area contributed by atoms with Gasteiger partial charge in [0.1, 0.15) is 5.82 Å². The van der Waals surface area contributed by atoms with Crippen LogP contribution in [-0.4, -0.2) is 41.4 Å². The summed E-state index contributed by atoms with van der Waals surface area (Å²) in [7, 11) is 2.22. The molecule has 116 valence electrons. The molecule has 1 N–H and O–H groups in total. The van der Waals surface area contributed by atoms with Crippen molar-refractivity contribution in [2.24, 2.45) is 0 Å². The molecule has 0 amide bonds. The van der Waals surface area contributed by atoms with Crippen molar-refractivity contribution in [2.75, 3.05) is 32.0 Å². The van der Waals surface area contributed by atoms with Gasteiger partial charge in [-0.3, -0.25) is 0 Å². The van der Waals surface area contributed by atoms with Gasteiger partial charge in [-0.05, 0) is 79.7 Å². The van der Waals surface area contributed by atoms with Gasteiger partial charge in [-0.1, -0.05) is 0 Å². The molecule has 4 nitrogen and oxygen atoms in total. The Labute approximate surface area is 145 Å². The maximum absolute atomic E-state index is 5.01. The molecule has 0 aliphatic carbocycles. The fourth-order valence-corrected chi connectivity index (χ4v) is 4.05. The van der Waals surface area contributed by atoms with E-state index in [-0.39, 0.29) is 0 Å². The molecule has 1 saturated heterocycles. The van der Waals surface area contributed by atoms with Gasteiger partial charge in [-0.25, -0.2) is 4.68 Å². The molecule has 5 heteroatoms. The van der Waals surface area contributed by atoms with Crippen LogP contribution < -0.4 is 5.32 Å². The highest BCUT2D eigenvalue weighted by molar-refractivity contribution is 14.1. The number of hydrogen-bond donors (Lipinski definition) is 1. The van der Waals surface area contributed by atoms with Crippen LogP contribution in [0.4, 0.5) is 5.82 Å². The van der Waals surface area contributed by atoms with Crippen LogP contribution >= 0.6 is 22.6 Å². The smallest absolute Gasteiger partial charge is 0.133 e. The quantitative estimate of drug-likeness (QED) is 0.775. The van der Waals surface area contributed by atoms with Crippen molar-refractivity contribution in [1.29, 1.82) is 0 Å². The fraction of sp³-hybridized carbons (Fsp3) is 0.471. The summed E-state index contributed by atoms with van der Waals surface area (Å²) in [5, 5.41) is 8.55. The Balaban J connectivity index is 1.74. The zero-order valence-corrected chi connectivity index (χ0v) is 15.0. The molecular formula is C17H21IN4. The van der Waals surface area contributed by atoms with Crippen molar-refractivity contribution in [3.8, 4) is 5.69 Å². The van der Waals surface area contributed by atoms with Crippen LogP contribution in [0.2, 0.25) is 0 Å². The SMILES string of the molecule is CN1CCCC(c2nn(-c3ccc(I)cc3)c3c2CCN3)C1. The summed E-state index contributed by atoms with van der Waals surface area (Å²) in [6, 6.07) is 8.61. The third-order valence-corrected chi connectivity index (χ3v) is 5.48. The lowest BCUT2D eigenvalue weighted by Crippen LogP contribution is -2.31. The normalized spacial score (nSPS) is 21.6. The number of piperidine rings is 1. The Bertz CT molecular complexity index is 677. The van der Waals surface area contributed by atoms with Crippen LogP contribution in [0.5, 0.6) is 0 Å². The van der Waals surface area contributed by atoms with E-state index in [1.807, 2.05) is 0 Å². The van der Waals surface area contributed by atoms with Crippen LogP contribution in [0.25, 0.3) is 5.69 Å². The van der Waals surface area contributed by atoms with E-state index < -0.39 is 0 Å². The monoisotopic (exact) mass is 408 g/mol. The van der Waals surface area contributed by atoms with Crippen LogP contribution in [-0.2, 0) is 6.42 Å². The van der Waals surface area contributed by atoms with E-state index in [2.05, 4.69) is 68.8 Å². The van der Waals surface area contributed by atoms with Gasteiger partial charge in [0, 0.05) is 28.1 Å². The van der Waals surface area contributed by atoms with Crippen molar-refractivity contribution < 1.29 is 0 Å². The summed E-state index contributed by atoms with van der Waals surface area (Å²) < 4.78 is 3.37. The Morgan fingerprint density at radius 3 is 2.86 bits per heavy atom. The lowest BCUT2D eigenvalue weighted by Gasteiger charge is -2.29. The van der Waals surface area contributed by atoms with Crippen molar-refractivity contribution in [1.82, 2.24) is 14.7 Å². The van der Waals surface area contributed by atoms with E-state index in [0.717, 1.165) is 25.2 Å². The Morgan fingerprint density at radius 2 is 2.09 bits per heavy atom. The second kappa shape index (κ2) is 5.85. The van der Waals surface area contributed by atoms with E-state index >= 15 is 0 Å². The first-order valence-corrected chi connectivity index (χ1v) is 9.10. The predicted octanol–water partition coefficient (Wildman–Crippen LogP) is 3.25. The van der Waals surface area contributed by atoms with E-state index in [4.69, 9.17) is 5.10 Å². The Hall–Kier alpha value is -1.08. The number of nitrogens with zero attached hydrogens (tertiary/aromatic N) is 3. The summed E-state index contributed by atoms with van der Waals surface area (Å²) >= 11 is 2.34. The number of hydrogen-bond acceptors (Lipinski definition) is 3. The van der Waals surface area contributed by atoms with Crippen LogP contribution in [0, 0.1) is 3.57 Å². The highest BCUT2D eigenvalue weighted by Crippen LogP contribution is 2.35. The highest BCUT2D eigenvalue weighted by Gasteiger charge is 2.29. The average Bonchev–Trinajstić information content (AvgIpc) is 3.10. The molecule has 0 bridgehead atoms. The third-order valence-electron chi connectivity index (χ3n) is 4.76. The third kappa shape index (κ3) is 2.54. The first-order valence-electron chi connectivity index (χ1n) is 8.02.